The molecule has 0 radical (unpaired) electrons. The summed E-state index contributed by atoms with van der Waals surface area (Å²) in [4.78, 5) is 0. The molecule has 14 heteroatoms. The van der Waals surface area contributed by atoms with Crippen molar-refractivity contribution in [3.8, 4) is 0 Å². The molecule has 2 saturated heterocycles. The van der Waals surface area contributed by atoms with Gasteiger partial charge in [0.1, 0.15) is 42.7 Å². The van der Waals surface area contributed by atoms with Gasteiger partial charge >= 0.3 is 0 Å². The first-order valence-corrected chi connectivity index (χ1v) is 20.4. The van der Waals surface area contributed by atoms with Crippen LogP contribution in [0.25, 0.3) is 0 Å². The smallest absolute Gasteiger partial charge is 0.187 e. The molecule has 2 aliphatic heterocycles. The molecule has 0 aromatic heterocycles. The van der Waals surface area contributed by atoms with Gasteiger partial charge in [0.25, 0.3) is 0 Å². The van der Waals surface area contributed by atoms with Gasteiger partial charge in [-0.1, -0.05) is 46.8 Å². The van der Waals surface area contributed by atoms with Crippen molar-refractivity contribution in [2.75, 3.05) is 13.2 Å². The fourth-order valence-electron chi connectivity index (χ4n) is 13.0. The van der Waals surface area contributed by atoms with E-state index in [1.165, 1.54) is 0 Å². The van der Waals surface area contributed by atoms with E-state index in [4.69, 9.17) is 18.9 Å². The third-order valence-electron chi connectivity index (χ3n) is 16.2. The summed E-state index contributed by atoms with van der Waals surface area (Å²) in [5.74, 6) is 0.194. The zero-order valence-electron chi connectivity index (χ0n) is 33.9. The largest absolute Gasteiger partial charge is 0.393 e. The number of hydrogen-bond acceptors (Lipinski definition) is 14. The van der Waals surface area contributed by atoms with Crippen LogP contribution in [0.15, 0.2) is 12.2 Å². The predicted molar refractivity (Wildman–Crippen MR) is 198 cm³/mol. The van der Waals surface area contributed by atoms with Gasteiger partial charge in [-0.2, -0.15) is 0 Å². The van der Waals surface area contributed by atoms with E-state index in [9.17, 15) is 51.1 Å². The Morgan fingerprint density at radius 2 is 1.42 bits per heavy atom. The molecular weight excluding hydrogens is 716 g/mol. The average Bonchev–Trinajstić information content (AvgIpc) is 3.39. The molecule has 10 N–H and O–H groups in total. The van der Waals surface area contributed by atoms with Gasteiger partial charge in [0, 0.05) is 5.41 Å². The number of rotatable bonds is 9. The molecule has 55 heavy (non-hydrogen) atoms. The van der Waals surface area contributed by atoms with Gasteiger partial charge in [-0.25, -0.2) is 0 Å². The first-order valence-electron chi connectivity index (χ1n) is 20.4. The molecule has 14 nitrogen and oxygen atoms in total. The summed E-state index contributed by atoms with van der Waals surface area (Å²) in [5.41, 5.74) is -4.12. The number of aliphatic hydroxyl groups is 10. The number of ether oxygens (including phenoxy) is 4. The maximum Gasteiger partial charge on any atom is 0.187 e. The zero-order valence-corrected chi connectivity index (χ0v) is 33.9. The van der Waals surface area contributed by atoms with E-state index in [0.717, 1.165) is 19.3 Å². The van der Waals surface area contributed by atoms with Gasteiger partial charge in [-0.15, -0.1) is 0 Å². The lowest BCUT2D eigenvalue weighted by Gasteiger charge is -2.69. The highest BCUT2D eigenvalue weighted by Crippen LogP contribution is 2.75. The lowest BCUT2D eigenvalue weighted by atomic mass is 9.37. The molecule has 4 aliphatic carbocycles. The van der Waals surface area contributed by atoms with Crippen LogP contribution in [0.3, 0.4) is 0 Å². The van der Waals surface area contributed by atoms with Crippen LogP contribution in [0.1, 0.15) is 100 Å². The molecule has 0 amide bonds. The molecule has 318 valence electrons. The van der Waals surface area contributed by atoms with E-state index < -0.39 is 102 Å². The summed E-state index contributed by atoms with van der Waals surface area (Å²) in [6.07, 6.45) is -7.93. The molecule has 0 spiro atoms. The summed E-state index contributed by atoms with van der Waals surface area (Å²) in [7, 11) is 0. The van der Waals surface area contributed by atoms with Crippen molar-refractivity contribution in [1.29, 1.82) is 0 Å². The molecule has 20 atom stereocenters. The molecule has 6 aliphatic rings. The molecule has 0 bridgehead atoms. The predicted octanol–water partition coefficient (Wildman–Crippen LogP) is 0.730. The Kier molecular flexibility index (Phi) is 11.9. The Balaban J connectivity index is 1.29. The zero-order chi connectivity index (χ0) is 40.8. The second kappa shape index (κ2) is 15.0. The maximum atomic E-state index is 12.5. The Hall–Kier alpha value is -0.820. The van der Waals surface area contributed by atoms with Crippen molar-refractivity contribution in [2.24, 2.45) is 45.3 Å². The van der Waals surface area contributed by atoms with Crippen molar-refractivity contribution in [3.63, 3.8) is 0 Å². The fourth-order valence-corrected chi connectivity index (χ4v) is 13.0. The van der Waals surface area contributed by atoms with Crippen molar-refractivity contribution in [2.45, 2.75) is 185 Å². The van der Waals surface area contributed by atoms with Crippen LogP contribution in [0, 0.1) is 45.3 Å². The van der Waals surface area contributed by atoms with Gasteiger partial charge in [-0.05, 0) is 106 Å². The Morgan fingerprint density at radius 3 is 2.07 bits per heavy atom. The van der Waals surface area contributed by atoms with E-state index in [1.807, 2.05) is 13.0 Å². The van der Waals surface area contributed by atoms with Crippen LogP contribution in [-0.4, -0.2) is 149 Å². The quantitative estimate of drug-likeness (QED) is 0.145. The van der Waals surface area contributed by atoms with Gasteiger partial charge in [-0.3, -0.25) is 0 Å². The molecule has 20 unspecified atom stereocenters. The standard InChI is InChI=1S/C41H70O14/c1-36(2,51)13-9-14-40(7,55-35-32(49)30(47)29(46)24(54-35)19-53-34-31(48)28(45)23(43)18-52-34)26-12-15-39(6)20-10-11-25-37(3,4)33(50)22(42)17-38(25,5)21(20)16-27(44)41(26,39)8/h9,13,20-35,42-51H,10-12,14-19H2,1-8H3. The van der Waals surface area contributed by atoms with E-state index in [0.29, 0.717) is 19.3 Å². The van der Waals surface area contributed by atoms with Crippen molar-refractivity contribution >= 4 is 0 Å². The second-order valence-corrected chi connectivity index (χ2v) is 20.2. The maximum absolute atomic E-state index is 12.5. The van der Waals surface area contributed by atoms with Gasteiger partial charge in [0.05, 0.1) is 42.7 Å². The molecular formula is C41H70O14. The van der Waals surface area contributed by atoms with Crippen LogP contribution >= 0.6 is 0 Å². The first-order chi connectivity index (χ1) is 25.3. The fraction of sp³-hybridized carbons (Fsp3) is 0.951. The number of aliphatic hydroxyl groups excluding tert-OH is 9. The summed E-state index contributed by atoms with van der Waals surface area (Å²) >= 11 is 0. The van der Waals surface area contributed by atoms with Crippen molar-refractivity contribution in [1.82, 2.24) is 0 Å². The second-order valence-electron chi connectivity index (χ2n) is 20.2. The highest BCUT2D eigenvalue weighted by atomic mass is 16.7. The summed E-state index contributed by atoms with van der Waals surface area (Å²) in [5, 5.41) is 109. The monoisotopic (exact) mass is 786 g/mol. The van der Waals surface area contributed by atoms with Gasteiger partial charge in [0.15, 0.2) is 12.6 Å². The van der Waals surface area contributed by atoms with Crippen LogP contribution in [0.4, 0.5) is 0 Å². The summed E-state index contributed by atoms with van der Waals surface area (Å²) in [6, 6.07) is 0. The topological polar surface area (TPSA) is 239 Å². The average molecular weight is 787 g/mol. The minimum Gasteiger partial charge on any atom is -0.393 e. The van der Waals surface area contributed by atoms with Crippen molar-refractivity contribution in [3.05, 3.63) is 12.2 Å². The number of fused-ring (bicyclic) bond motifs is 5. The summed E-state index contributed by atoms with van der Waals surface area (Å²) < 4.78 is 23.9. The summed E-state index contributed by atoms with van der Waals surface area (Å²) in [6.45, 7) is 15.3. The van der Waals surface area contributed by atoms with Gasteiger partial charge in [0.2, 0.25) is 0 Å². The number of hydrogen-bond donors (Lipinski definition) is 10. The third-order valence-corrected chi connectivity index (χ3v) is 16.2. The minimum absolute atomic E-state index is 0.110. The minimum atomic E-state index is -1.71. The molecule has 0 aromatic rings. The van der Waals surface area contributed by atoms with Crippen LogP contribution < -0.4 is 0 Å². The lowest BCUT2D eigenvalue weighted by molar-refractivity contribution is -0.347. The first kappa shape index (κ1) is 43.8. The van der Waals surface area contributed by atoms with Crippen LogP contribution in [-0.2, 0) is 18.9 Å². The highest BCUT2D eigenvalue weighted by molar-refractivity contribution is 5.21. The molecule has 4 saturated carbocycles. The van der Waals surface area contributed by atoms with Crippen molar-refractivity contribution < 1.29 is 70.0 Å². The SMILES string of the molecule is CC(C)(O)C=CCC(C)(OC1OC(COC2OCC(O)C(O)C2O)C(O)C(O)C1O)C1CCC2(C)C3CCC4C(C)(C)C(O)C(O)CC4(C)C3CC(O)C12C. The van der Waals surface area contributed by atoms with Gasteiger partial charge < -0.3 is 70.0 Å². The molecule has 2 heterocycles. The van der Waals surface area contributed by atoms with E-state index >= 15 is 0 Å². The molecule has 0 aromatic carbocycles. The highest BCUT2D eigenvalue weighted by Gasteiger charge is 2.72. The third kappa shape index (κ3) is 7.19. The van der Waals surface area contributed by atoms with Crippen LogP contribution in [0.2, 0.25) is 0 Å². The van der Waals surface area contributed by atoms with E-state index in [-0.39, 0.29) is 47.5 Å². The van der Waals surface area contributed by atoms with Crippen LogP contribution in [0.5, 0.6) is 0 Å². The Labute approximate surface area is 325 Å². The Bertz CT molecular complexity index is 1390. The lowest BCUT2D eigenvalue weighted by Crippen LogP contribution is -2.68. The van der Waals surface area contributed by atoms with E-state index in [2.05, 4.69) is 34.6 Å². The normalized spacial score (nSPS) is 52.6. The molecule has 6 fully saturated rings. The van der Waals surface area contributed by atoms with E-state index in [1.54, 1.807) is 19.9 Å². The molecule has 6 rings (SSSR count). The Morgan fingerprint density at radius 1 is 0.764 bits per heavy atom.